The highest BCUT2D eigenvalue weighted by molar-refractivity contribution is 8.00. The molecule has 0 aromatic carbocycles. The zero-order chi connectivity index (χ0) is 9.97. The SMILES string of the molecule is OCCN=C1NSc2sc(Cl)cc2N1. The summed E-state index contributed by atoms with van der Waals surface area (Å²) in [5.41, 5.74) is 0.973. The topological polar surface area (TPSA) is 56.7 Å². The number of aliphatic hydroxyl groups excluding tert-OH is 1. The predicted octanol–water partition coefficient (Wildman–Crippen LogP) is 1.77. The van der Waals surface area contributed by atoms with Gasteiger partial charge in [-0.25, -0.2) is 4.99 Å². The first-order valence-corrected chi connectivity index (χ1v) is 5.95. The Balaban J connectivity index is 2.12. The van der Waals surface area contributed by atoms with Gasteiger partial charge in [0.1, 0.15) is 4.21 Å². The van der Waals surface area contributed by atoms with E-state index >= 15 is 0 Å². The van der Waals surface area contributed by atoms with Gasteiger partial charge < -0.3 is 10.4 Å². The second-order valence-corrected chi connectivity index (χ2v) is 5.29. The van der Waals surface area contributed by atoms with Crippen molar-refractivity contribution in [2.24, 2.45) is 4.99 Å². The number of thiophene rings is 1. The van der Waals surface area contributed by atoms with Crippen molar-refractivity contribution in [2.45, 2.75) is 4.21 Å². The lowest BCUT2D eigenvalue weighted by atomic mass is 10.5. The number of aliphatic hydroxyl groups is 1. The first-order chi connectivity index (χ1) is 6.79. The van der Waals surface area contributed by atoms with Gasteiger partial charge in [0.05, 0.1) is 23.2 Å². The van der Waals surface area contributed by atoms with Crippen LogP contribution in [0.5, 0.6) is 0 Å². The van der Waals surface area contributed by atoms with E-state index in [-0.39, 0.29) is 6.61 Å². The summed E-state index contributed by atoms with van der Waals surface area (Å²) in [6, 6.07) is 1.86. The molecule has 0 radical (unpaired) electrons. The monoisotopic (exact) mass is 249 g/mol. The highest BCUT2D eigenvalue weighted by Crippen LogP contribution is 2.39. The van der Waals surface area contributed by atoms with Gasteiger partial charge in [-0.15, -0.1) is 11.3 Å². The molecule has 0 fully saturated rings. The molecule has 2 rings (SSSR count). The van der Waals surface area contributed by atoms with E-state index in [1.807, 2.05) is 6.07 Å². The van der Waals surface area contributed by atoms with Crippen LogP contribution in [0, 0.1) is 0 Å². The Labute approximate surface area is 94.5 Å². The molecule has 14 heavy (non-hydrogen) atoms. The van der Waals surface area contributed by atoms with Gasteiger partial charge in [-0.2, -0.15) is 0 Å². The maximum absolute atomic E-state index is 8.61. The van der Waals surface area contributed by atoms with E-state index in [1.54, 1.807) is 0 Å². The van der Waals surface area contributed by atoms with Gasteiger partial charge in [0.2, 0.25) is 5.96 Å². The van der Waals surface area contributed by atoms with Crippen LogP contribution in [0.15, 0.2) is 15.3 Å². The van der Waals surface area contributed by atoms with Crippen LogP contribution >= 0.6 is 34.9 Å². The molecule has 2 heterocycles. The number of halogens is 1. The number of aliphatic imine (C=N–C) groups is 1. The van der Waals surface area contributed by atoms with E-state index in [0.29, 0.717) is 12.5 Å². The minimum Gasteiger partial charge on any atom is -0.394 e. The van der Waals surface area contributed by atoms with Gasteiger partial charge in [-0.1, -0.05) is 11.6 Å². The number of hydrogen-bond donors (Lipinski definition) is 3. The van der Waals surface area contributed by atoms with Crippen molar-refractivity contribution in [3.8, 4) is 0 Å². The molecule has 1 aliphatic heterocycles. The summed E-state index contributed by atoms with van der Waals surface area (Å²) in [6.45, 7) is 0.442. The van der Waals surface area contributed by atoms with Gasteiger partial charge >= 0.3 is 0 Å². The molecule has 1 aromatic rings. The summed E-state index contributed by atoms with van der Waals surface area (Å²) < 4.78 is 4.87. The molecule has 1 aliphatic rings. The number of hydrogen-bond acceptors (Lipinski definition) is 4. The van der Waals surface area contributed by atoms with Crippen LogP contribution in [0.2, 0.25) is 4.34 Å². The normalized spacial score (nSPS) is 17.4. The zero-order valence-corrected chi connectivity index (χ0v) is 9.47. The molecule has 4 nitrogen and oxygen atoms in total. The molecule has 0 atom stereocenters. The third-order valence-corrected chi connectivity index (χ3v) is 3.79. The first kappa shape index (κ1) is 10.1. The van der Waals surface area contributed by atoms with Crippen molar-refractivity contribution in [2.75, 3.05) is 18.5 Å². The summed E-state index contributed by atoms with van der Waals surface area (Å²) in [5.74, 6) is 0.658. The summed E-state index contributed by atoms with van der Waals surface area (Å²) in [6.07, 6.45) is 0. The molecule has 0 bridgehead atoms. The van der Waals surface area contributed by atoms with E-state index in [1.165, 1.54) is 23.3 Å². The van der Waals surface area contributed by atoms with Crippen LogP contribution in [0.1, 0.15) is 0 Å². The zero-order valence-electron chi connectivity index (χ0n) is 7.08. The minimum absolute atomic E-state index is 0.0504. The Morgan fingerprint density at radius 2 is 2.43 bits per heavy atom. The molecular weight excluding hydrogens is 242 g/mol. The number of nitrogens with zero attached hydrogens (tertiary/aromatic N) is 1. The fraction of sp³-hybridized carbons (Fsp3) is 0.286. The van der Waals surface area contributed by atoms with Crippen LogP contribution in [-0.4, -0.2) is 24.2 Å². The maximum atomic E-state index is 8.61. The van der Waals surface area contributed by atoms with Gasteiger partial charge in [0.25, 0.3) is 0 Å². The Morgan fingerprint density at radius 1 is 1.57 bits per heavy atom. The third-order valence-electron chi connectivity index (χ3n) is 1.53. The molecule has 7 heteroatoms. The summed E-state index contributed by atoms with van der Waals surface area (Å²) in [4.78, 5) is 4.09. The van der Waals surface area contributed by atoms with Crippen LogP contribution < -0.4 is 10.0 Å². The summed E-state index contributed by atoms with van der Waals surface area (Å²) in [7, 11) is 0. The third kappa shape index (κ3) is 2.14. The molecular formula is C7H8ClN3OS2. The van der Waals surface area contributed by atoms with Gasteiger partial charge in [0.15, 0.2) is 0 Å². The molecule has 0 spiro atoms. The van der Waals surface area contributed by atoms with E-state index < -0.39 is 0 Å². The van der Waals surface area contributed by atoms with Crippen molar-refractivity contribution < 1.29 is 5.11 Å². The predicted molar refractivity (Wildman–Crippen MR) is 61.3 cm³/mol. The molecule has 1 aromatic heterocycles. The fourth-order valence-electron chi connectivity index (χ4n) is 0.990. The van der Waals surface area contributed by atoms with E-state index in [2.05, 4.69) is 15.0 Å². The first-order valence-electron chi connectivity index (χ1n) is 3.94. The van der Waals surface area contributed by atoms with E-state index in [0.717, 1.165) is 14.2 Å². The number of rotatable bonds is 2. The second kappa shape index (κ2) is 4.39. The average Bonchev–Trinajstić information content (AvgIpc) is 2.54. The molecule has 3 N–H and O–H groups in total. The Kier molecular flexibility index (Phi) is 3.17. The lowest BCUT2D eigenvalue weighted by Gasteiger charge is -2.16. The average molecular weight is 250 g/mol. The number of anilines is 1. The molecule has 76 valence electrons. The fourth-order valence-corrected chi connectivity index (χ4v) is 3.13. The van der Waals surface area contributed by atoms with Crippen molar-refractivity contribution >= 4 is 46.5 Å². The summed E-state index contributed by atoms with van der Waals surface area (Å²) in [5, 5.41) is 11.7. The number of nitrogens with one attached hydrogen (secondary N) is 2. The minimum atomic E-state index is 0.0504. The van der Waals surface area contributed by atoms with Crippen LogP contribution in [0.4, 0.5) is 5.69 Å². The Bertz CT molecular complexity index is 366. The van der Waals surface area contributed by atoms with E-state index in [9.17, 15) is 0 Å². The largest absolute Gasteiger partial charge is 0.394 e. The Hall–Kier alpha value is -0.430. The lowest BCUT2D eigenvalue weighted by Crippen LogP contribution is -2.28. The highest BCUT2D eigenvalue weighted by Gasteiger charge is 2.16. The molecule has 0 unspecified atom stereocenters. The standard InChI is InChI=1S/C7H8ClN3OS2/c8-5-3-4-6(13-5)14-11-7(10-4)9-1-2-12/h3,12H,1-2H2,(H2,9,10,11). The highest BCUT2D eigenvalue weighted by atomic mass is 35.5. The summed E-state index contributed by atoms with van der Waals surface area (Å²) >= 11 is 8.85. The van der Waals surface area contributed by atoms with Crippen LogP contribution in [0.25, 0.3) is 0 Å². The second-order valence-electron chi connectivity index (χ2n) is 2.53. The van der Waals surface area contributed by atoms with Gasteiger partial charge in [0, 0.05) is 11.9 Å². The number of fused-ring (bicyclic) bond motifs is 1. The number of guanidine groups is 1. The van der Waals surface area contributed by atoms with Crippen LogP contribution in [0.3, 0.4) is 0 Å². The van der Waals surface area contributed by atoms with Crippen LogP contribution in [-0.2, 0) is 0 Å². The lowest BCUT2D eigenvalue weighted by molar-refractivity contribution is 0.307. The van der Waals surface area contributed by atoms with Gasteiger partial charge in [-0.3, -0.25) is 4.72 Å². The molecule has 0 amide bonds. The quantitative estimate of drug-likeness (QED) is 0.700. The van der Waals surface area contributed by atoms with Crippen molar-refractivity contribution in [3.05, 3.63) is 10.4 Å². The van der Waals surface area contributed by atoms with Crippen molar-refractivity contribution in [1.82, 2.24) is 4.72 Å². The van der Waals surface area contributed by atoms with E-state index in [4.69, 9.17) is 16.7 Å². The van der Waals surface area contributed by atoms with Gasteiger partial charge in [-0.05, 0) is 6.07 Å². The maximum Gasteiger partial charge on any atom is 0.206 e. The smallest absolute Gasteiger partial charge is 0.206 e. The Morgan fingerprint density at radius 3 is 3.21 bits per heavy atom. The van der Waals surface area contributed by atoms with Crippen molar-refractivity contribution in [3.63, 3.8) is 0 Å². The molecule has 0 aliphatic carbocycles. The molecule has 0 saturated heterocycles. The van der Waals surface area contributed by atoms with Crippen molar-refractivity contribution in [1.29, 1.82) is 0 Å². The molecule has 0 saturated carbocycles.